The van der Waals surface area contributed by atoms with E-state index in [1.807, 2.05) is 22.8 Å². The number of hydrogen-bond acceptors (Lipinski definition) is 3. The molecule has 1 atom stereocenters. The van der Waals surface area contributed by atoms with E-state index in [9.17, 15) is 9.59 Å². The zero-order valence-electron chi connectivity index (χ0n) is 18.2. The second-order valence-corrected chi connectivity index (χ2v) is 9.23. The lowest BCUT2D eigenvalue weighted by Crippen LogP contribution is -2.53. The fourth-order valence-corrected chi connectivity index (χ4v) is 5.57. The van der Waals surface area contributed by atoms with Crippen molar-refractivity contribution >= 4 is 11.8 Å². The third-order valence-corrected chi connectivity index (χ3v) is 7.43. The Balaban J connectivity index is 1.39. The first kappa shape index (κ1) is 20.5. The number of aryl methyl sites for hydroxylation is 1. The van der Waals surface area contributed by atoms with Gasteiger partial charge in [0.15, 0.2) is 0 Å². The van der Waals surface area contributed by atoms with Crippen molar-refractivity contribution in [3.05, 3.63) is 23.0 Å². The SMILES string of the molecule is CCn1c(C)cc(C(=O)N2CCC3(CCC(=O)N(CC4CCCO4)C3)CC2)c1C. The molecule has 1 spiro atoms. The van der Waals surface area contributed by atoms with Crippen molar-refractivity contribution in [2.75, 3.05) is 32.8 Å². The van der Waals surface area contributed by atoms with Crippen molar-refractivity contribution < 1.29 is 14.3 Å². The minimum atomic E-state index is 0.163. The van der Waals surface area contributed by atoms with Crippen LogP contribution in [0.2, 0.25) is 0 Å². The Labute approximate surface area is 174 Å². The van der Waals surface area contributed by atoms with Crippen molar-refractivity contribution in [3.63, 3.8) is 0 Å². The van der Waals surface area contributed by atoms with Gasteiger partial charge < -0.3 is 19.1 Å². The van der Waals surface area contributed by atoms with Gasteiger partial charge in [-0.25, -0.2) is 0 Å². The van der Waals surface area contributed by atoms with E-state index in [2.05, 4.69) is 18.4 Å². The molecule has 4 heterocycles. The van der Waals surface area contributed by atoms with Crippen LogP contribution in [0.3, 0.4) is 0 Å². The fourth-order valence-electron chi connectivity index (χ4n) is 5.57. The van der Waals surface area contributed by atoms with Crippen LogP contribution in [0, 0.1) is 19.3 Å². The summed E-state index contributed by atoms with van der Waals surface area (Å²) in [5, 5.41) is 0. The predicted octanol–water partition coefficient (Wildman–Crippen LogP) is 3.15. The summed E-state index contributed by atoms with van der Waals surface area (Å²) < 4.78 is 7.96. The van der Waals surface area contributed by atoms with Gasteiger partial charge in [-0.05, 0) is 64.4 Å². The molecule has 3 saturated heterocycles. The number of piperidine rings is 2. The molecule has 3 fully saturated rings. The summed E-state index contributed by atoms with van der Waals surface area (Å²) in [5.74, 6) is 0.437. The second kappa shape index (κ2) is 8.13. The molecule has 1 unspecified atom stereocenters. The Hall–Kier alpha value is -1.82. The van der Waals surface area contributed by atoms with Gasteiger partial charge in [0.1, 0.15) is 0 Å². The largest absolute Gasteiger partial charge is 0.376 e. The second-order valence-electron chi connectivity index (χ2n) is 9.23. The van der Waals surface area contributed by atoms with Crippen LogP contribution >= 0.6 is 0 Å². The number of hydrogen-bond donors (Lipinski definition) is 0. The highest BCUT2D eigenvalue weighted by atomic mass is 16.5. The summed E-state index contributed by atoms with van der Waals surface area (Å²) in [6.45, 7) is 11.1. The highest BCUT2D eigenvalue weighted by molar-refractivity contribution is 5.95. The molecule has 6 nitrogen and oxygen atoms in total. The van der Waals surface area contributed by atoms with E-state index in [0.29, 0.717) is 6.42 Å². The Morgan fingerprint density at radius 1 is 1.24 bits per heavy atom. The molecule has 1 aromatic rings. The molecule has 0 aliphatic carbocycles. The smallest absolute Gasteiger partial charge is 0.255 e. The number of likely N-dealkylation sites (tertiary alicyclic amines) is 2. The van der Waals surface area contributed by atoms with Gasteiger partial charge >= 0.3 is 0 Å². The zero-order chi connectivity index (χ0) is 20.6. The quantitative estimate of drug-likeness (QED) is 0.779. The van der Waals surface area contributed by atoms with Gasteiger partial charge in [0.05, 0.1) is 11.7 Å². The first-order valence-corrected chi connectivity index (χ1v) is 11.3. The van der Waals surface area contributed by atoms with Crippen LogP contribution in [0.25, 0.3) is 0 Å². The van der Waals surface area contributed by atoms with Crippen LogP contribution in [0.5, 0.6) is 0 Å². The molecule has 0 N–H and O–H groups in total. The average molecular weight is 402 g/mol. The van der Waals surface area contributed by atoms with Crippen LogP contribution < -0.4 is 0 Å². The topological polar surface area (TPSA) is 54.8 Å². The summed E-state index contributed by atoms with van der Waals surface area (Å²) in [4.78, 5) is 29.7. The average Bonchev–Trinajstić information content (AvgIpc) is 3.32. The van der Waals surface area contributed by atoms with Gasteiger partial charge in [-0.2, -0.15) is 0 Å². The molecule has 3 aliphatic heterocycles. The molecule has 160 valence electrons. The van der Waals surface area contributed by atoms with Crippen LogP contribution in [0.15, 0.2) is 6.07 Å². The maximum absolute atomic E-state index is 13.2. The summed E-state index contributed by atoms with van der Waals surface area (Å²) in [6.07, 6.45) is 5.95. The molecule has 6 heteroatoms. The minimum Gasteiger partial charge on any atom is -0.376 e. The van der Waals surface area contributed by atoms with Gasteiger partial charge in [0.2, 0.25) is 5.91 Å². The molecule has 4 rings (SSSR count). The maximum Gasteiger partial charge on any atom is 0.255 e. The standard InChI is InChI=1S/C23H35N3O3/c1-4-26-17(2)14-20(18(26)3)22(28)24-11-9-23(10-12-24)8-7-21(27)25(16-23)15-19-6-5-13-29-19/h14,19H,4-13,15-16H2,1-3H3. The van der Waals surface area contributed by atoms with E-state index >= 15 is 0 Å². The van der Waals surface area contributed by atoms with Gasteiger partial charge in [-0.1, -0.05) is 0 Å². The van der Waals surface area contributed by atoms with Crippen molar-refractivity contribution in [1.82, 2.24) is 14.4 Å². The summed E-state index contributed by atoms with van der Waals surface area (Å²) in [7, 11) is 0. The Kier molecular flexibility index (Phi) is 5.74. The lowest BCUT2D eigenvalue weighted by atomic mass is 9.72. The monoisotopic (exact) mass is 401 g/mol. The molecule has 29 heavy (non-hydrogen) atoms. The molecule has 0 aromatic carbocycles. The Bertz CT molecular complexity index is 771. The Morgan fingerprint density at radius 2 is 2.00 bits per heavy atom. The van der Waals surface area contributed by atoms with E-state index < -0.39 is 0 Å². The minimum absolute atomic E-state index is 0.163. The van der Waals surface area contributed by atoms with Crippen molar-refractivity contribution in [1.29, 1.82) is 0 Å². The summed E-state index contributed by atoms with van der Waals surface area (Å²) in [5.41, 5.74) is 3.24. The van der Waals surface area contributed by atoms with Crippen molar-refractivity contribution in [2.45, 2.75) is 71.9 Å². The fraction of sp³-hybridized carbons (Fsp3) is 0.739. The van der Waals surface area contributed by atoms with Gasteiger partial charge in [-0.3, -0.25) is 9.59 Å². The molecule has 2 amide bonds. The van der Waals surface area contributed by atoms with Crippen molar-refractivity contribution in [3.8, 4) is 0 Å². The van der Waals surface area contributed by atoms with Crippen LogP contribution in [0.4, 0.5) is 0 Å². The highest BCUT2D eigenvalue weighted by Gasteiger charge is 2.42. The van der Waals surface area contributed by atoms with Crippen LogP contribution in [-0.2, 0) is 16.1 Å². The summed E-state index contributed by atoms with van der Waals surface area (Å²) in [6, 6.07) is 2.04. The normalized spacial score (nSPS) is 24.5. The maximum atomic E-state index is 13.2. The number of carbonyl (C=O) groups excluding carboxylic acids is 2. The molecular weight excluding hydrogens is 366 g/mol. The number of ether oxygens (including phenoxy) is 1. The number of aromatic nitrogens is 1. The number of rotatable bonds is 4. The van der Waals surface area contributed by atoms with E-state index in [1.54, 1.807) is 0 Å². The van der Waals surface area contributed by atoms with Crippen LogP contribution in [0.1, 0.15) is 67.2 Å². The summed E-state index contributed by atoms with van der Waals surface area (Å²) >= 11 is 0. The number of carbonyl (C=O) groups is 2. The van der Waals surface area contributed by atoms with Crippen LogP contribution in [-0.4, -0.2) is 65.1 Å². The van der Waals surface area contributed by atoms with E-state index in [4.69, 9.17) is 4.74 Å². The molecule has 0 radical (unpaired) electrons. The first-order valence-electron chi connectivity index (χ1n) is 11.3. The molecule has 0 bridgehead atoms. The number of nitrogens with zero attached hydrogens (tertiary/aromatic N) is 3. The Morgan fingerprint density at radius 3 is 2.62 bits per heavy atom. The molecular formula is C23H35N3O3. The highest BCUT2D eigenvalue weighted by Crippen LogP contribution is 2.41. The zero-order valence-corrected chi connectivity index (χ0v) is 18.2. The van der Waals surface area contributed by atoms with E-state index in [0.717, 1.165) is 88.4 Å². The molecule has 0 saturated carbocycles. The predicted molar refractivity (Wildman–Crippen MR) is 112 cm³/mol. The molecule has 1 aromatic heterocycles. The van der Waals surface area contributed by atoms with Gasteiger partial charge in [-0.15, -0.1) is 0 Å². The van der Waals surface area contributed by atoms with E-state index in [1.165, 1.54) is 0 Å². The number of amides is 2. The lowest BCUT2D eigenvalue weighted by Gasteiger charge is -2.47. The third kappa shape index (κ3) is 3.96. The van der Waals surface area contributed by atoms with Gasteiger partial charge in [0, 0.05) is 57.1 Å². The lowest BCUT2D eigenvalue weighted by molar-refractivity contribution is -0.141. The third-order valence-electron chi connectivity index (χ3n) is 7.43. The first-order chi connectivity index (χ1) is 13.9. The van der Waals surface area contributed by atoms with Crippen molar-refractivity contribution in [2.24, 2.45) is 5.41 Å². The van der Waals surface area contributed by atoms with Gasteiger partial charge in [0.25, 0.3) is 5.91 Å². The van der Waals surface area contributed by atoms with E-state index in [-0.39, 0.29) is 23.3 Å². The molecule has 3 aliphatic rings.